The van der Waals surface area contributed by atoms with Crippen LogP contribution in [0.5, 0.6) is 0 Å². The number of anilines is 1. The first-order valence-corrected chi connectivity index (χ1v) is 8.10. The summed E-state index contributed by atoms with van der Waals surface area (Å²) in [7, 11) is 0. The van der Waals surface area contributed by atoms with Gasteiger partial charge in [-0.15, -0.1) is 0 Å². The van der Waals surface area contributed by atoms with Crippen molar-refractivity contribution < 1.29 is 24.2 Å². The lowest BCUT2D eigenvalue weighted by atomic mass is 9.96. The van der Waals surface area contributed by atoms with Crippen LogP contribution in [0, 0.1) is 0 Å². The maximum absolute atomic E-state index is 12.9. The molecule has 1 aliphatic heterocycles. The van der Waals surface area contributed by atoms with Crippen LogP contribution >= 0.6 is 0 Å². The first-order valence-electron chi connectivity index (χ1n) is 8.10. The van der Waals surface area contributed by atoms with Gasteiger partial charge in [-0.2, -0.15) is 0 Å². The molecule has 0 saturated carbocycles. The maximum atomic E-state index is 12.9. The maximum Gasteiger partial charge on any atom is 0.408 e. The van der Waals surface area contributed by atoms with E-state index in [2.05, 4.69) is 5.32 Å². The third-order valence-corrected chi connectivity index (χ3v) is 4.05. The molecule has 0 fully saturated rings. The molecule has 136 valence electrons. The van der Waals surface area contributed by atoms with Crippen LogP contribution in [-0.4, -0.2) is 40.3 Å². The normalized spacial score (nSPS) is 20.6. The number of fused-ring (bicyclic) bond motifs is 1. The summed E-state index contributed by atoms with van der Waals surface area (Å²) in [5, 5.41) is 12.1. The molecular weight excluding hydrogens is 324 g/mol. The number of nitrogens with zero attached hydrogens (tertiary/aromatic N) is 1. The molecule has 0 saturated heterocycles. The van der Waals surface area contributed by atoms with Gasteiger partial charge in [-0.1, -0.05) is 18.2 Å². The average molecular weight is 348 g/mol. The van der Waals surface area contributed by atoms with Gasteiger partial charge in [0.1, 0.15) is 17.2 Å². The van der Waals surface area contributed by atoms with E-state index in [9.17, 15) is 19.5 Å². The standard InChI is InChI=1S/C18H24N2O5/c1-11(19-16(24)25-17(2,3)4)14(21)20-13-9-7-6-8-12(13)10-18(20,5)15(22)23/h6-9,11H,10H2,1-5H3,(H,19,24)(H,22,23). The summed E-state index contributed by atoms with van der Waals surface area (Å²) >= 11 is 0. The van der Waals surface area contributed by atoms with Crippen LogP contribution in [0.25, 0.3) is 0 Å². The fourth-order valence-corrected chi connectivity index (χ4v) is 2.87. The Hall–Kier alpha value is -2.57. The zero-order chi connectivity index (χ0) is 19.0. The van der Waals surface area contributed by atoms with E-state index in [0.717, 1.165) is 5.56 Å². The van der Waals surface area contributed by atoms with E-state index in [4.69, 9.17) is 4.74 Å². The van der Waals surface area contributed by atoms with Gasteiger partial charge < -0.3 is 15.2 Å². The molecule has 1 aromatic carbocycles. The summed E-state index contributed by atoms with van der Waals surface area (Å²) in [5.74, 6) is -1.60. The molecule has 1 aliphatic rings. The number of rotatable bonds is 3. The quantitative estimate of drug-likeness (QED) is 0.874. The zero-order valence-electron chi connectivity index (χ0n) is 15.1. The van der Waals surface area contributed by atoms with Crippen molar-refractivity contribution >= 4 is 23.7 Å². The highest BCUT2D eigenvalue weighted by Crippen LogP contribution is 2.39. The van der Waals surface area contributed by atoms with Crippen LogP contribution in [0.15, 0.2) is 24.3 Å². The monoisotopic (exact) mass is 348 g/mol. The first kappa shape index (κ1) is 18.8. The van der Waals surface area contributed by atoms with Crippen LogP contribution in [0.2, 0.25) is 0 Å². The van der Waals surface area contributed by atoms with Gasteiger partial charge in [-0.05, 0) is 46.2 Å². The molecule has 2 amide bonds. The number of carbonyl (C=O) groups excluding carboxylic acids is 2. The molecular formula is C18H24N2O5. The van der Waals surface area contributed by atoms with E-state index in [0.29, 0.717) is 5.69 Å². The predicted molar refractivity (Wildman–Crippen MR) is 92.5 cm³/mol. The molecule has 2 N–H and O–H groups in total. The van der Waals surface area contributed by atoms with Gasteiger partial charge in [-0.25, -0.2) is 9.59 Å². The van der Waals surface area contributed by atoms with E-state index in [-0.39, 0.29) is 6.42 Å². The molecule has 0 radical (unpaired) electrons. The fourth-order valence-electron chi connectivity index (χ4n) is 2.87. The number of alkyl carbamates (subject to hydrolysis) is 1. The molecule has 25 heavy (non-hydrogen) atoms. The molecule has 7 nitrogen and oxygen atoms in total. The van der Waals surface area contributed by atoms with Gasteiger partial charge in [0.2, 0.25) is 5.91 Å². The van der Waals surface area contributed by atoms with Crippen molar-refractivity contribution in [3.05, 3.63) is 29.8 Å². The Morgan fingerprint density at radius 2 is 1.88 bits per heavy atom. The zero-order valence-corrected chi connectivity index (χ0v) is 15.1. The number of para-hydroxylation sites is 1. The molecule has 2 unspecified atom stereocenters. The van der Waals surface area contributed by atoms with Gasteiger partial charge in [-0.3, -0.25) is 9.69 Å². The summed E-state index contributed by atoms with van der Waals surface area (Å²) < 4.78 is 5.15. The second kappa shape index (κ2) is 6.38. The molecule has 2 rings (SSSR count). The van der Waals surface area contributed by atoms with Crippen molar-refractivity contribution in [3.63, 3.8) is 0 Å². The Bertz CT molecular complexity index is 710. The third kappa shape index (κ3) is 3.75. The fraction of sp³-hybridized carbons (Fsp3) is 0.500. The molecule has 2 atom stereocenters. The van der Waals surface area contributed by atoms with E-state index in [1.54, 1.807) is 45.0 Å². The lowest BCUT2D eigenvalue weighted by Crippen LogP contribution is -2.58. The highest BCUT2D eigenvalue weighted by Gasteiger charge is 2.50. The average Bonchev–Trinajstić information content (AvgIpc) is 2.77. The Kier molecular flexibility index (Phi) is 4.79. The van der Waals surface area contributed by atoms with Gasteiger partial charge in [0, 0.05) is 12.1 Å². The number of hydrogen-bond donors (Lipinski definition) is 2. The molecule has 0 aromatic heterocycles. The van der Waals surface area contributed by atoms with E-state index < -0.39 is 35.2 Å². The molecule has 0 aliphatic carbocycles. The van der Waals surface area contributed by atoms with Gasteiger partial charge in [0.05, 0.1) is 0 Å². The van der Waals surface area contributed by atoms with Crippen molar-refractivity contribution in [3.8, 4) is 0 Å². The van der Waals surface area contributed by atoms with Crippen LogP contribution in [0.3, 0.4) is 0 Å². The largest absolute Gasteiger partial charge is 0.479 e. The minimum absolute atomic E-state index is 0.212. The number of nitrogens with one attached hydrogen (secondary N) is 1. The highest BCUT2D eigenvalue weighted by molar-refractivity contribution is 6.07. The van der Waals surface area contributed by atoms with Gasteiger partial charge in [0.25, 0.3) is 0 Å². The topological polar surface area (TPSA) is 95.9 Å². The predicted octanol–water partition coefficient (Wildman–Crippen LogP) is 2.33. The summed E-state index contributed by atoms with van der Waals surface area (Å²) in [6.07, 6.45) is -0.512. The molecule has 1 heterocycles. The second-order valence-electron chi connectivity index (χ2n) is 7.43. The summed E-state index contributed by atoms with van der Waals surface area (Å²) in [6.45, 7) is 8.18. The number of carboxylic acid groups (broad SMARTS) is 1. The lowest BCUT2D eigenvalue weighted by molar-refractivity contribution is -0.144. The summed E-state index contributed by atoms with van der Waals surface area (Å²) in [4.78, 5) is 37.9. The van der Waals surface area contributed by atoms with Crippen molar-refractivity contribution in [1.82, 2.24) is 5.32 Å². The number of amides is 2. The van der Waals surface area contributed by atoms with E-state index in [1.807, 2.05) is 0 Å². The second-order valence-corrected chi connectivity index (χ2v) is 7.43. The van der Waals surface area contributed by atoms with Crippen LogP contribution in [-0.2, 0) is 20.7 Å². The number of ether oxygens (including phenoxy) is 1. The van der Waals surface area contributed by atoms with Crippen molar-refractivity contribution in [2.45, 2.75) is 58.2 Å². The van der Waals surface area contributed by atoms with Crippen molar-refractivity contribution in [2.24, 2.45) is 0 Å². The molecule has 0 spiro atoms. The number of aliphatic carboxylic acids is 1. The number of carboxylic acids is 1. The van der Waals surface area contributed by atoms with Gasteiger partial charge >= 0.3 is 12.1 Å². The lowest BCUT2D eigenvalue weighted by Gasteiger charge is -2.34. The minimum atomic E-state index is -1.40. The van der Waals surface area contributed by atoms with Gasteiger partial charge in [0.15, 0.2) is 0 Å². The molecule has 7 heteroatoms. The smallest absolute Gasteiger partial charge is 0.408 e. The Morgan fingerprint density at radius 3 is 2.44 bits per heavy atom. The minimum Gasteiger partial charge on any atom is -0.479 e. The highest BCUT2D eigenvalue weighted by atomic mass is 16.6. The first-order chi connectivity index (χ1) is 11.5. The Morgan fingerprint density at radius 1 is 1.28 bits per heavy atom. The number of carbonyl (C=O) groups is 3. The van der Waals surface area contributed by atoms with Crippen LogP contribution in [0.1, 0.15) is 40.2 Å². The van der Waals surface area contributed by atoms with Crippen molar-refractivity contribution in [2.75, 3.05) is 4.90 Å². The van der Waals surface area contributed by atoms with E-state index >= 15 is 0 Å². The number of hydrogen-bond acceptors (Lipinski definition) is 4. The van der Waals surface area contributed by atoms with E-state index in [1.165, 1.54) is 18.7 Å². The summed E-state index contributed by atoms with van der Waals surface area (Å²) in [5.41, 5.74) is -0.756. The SMILES string of the molecule is CC(NC(=O)OC(C)(C)C)C(=O)N1c2ccccc2CC1(C)C(=O)O. The number of benzene rings is 1. The molecule has 0 bridgehead atoms. The summed E-state index contributed by atoms with van der Waals surface area (Å²) in [6, 6.07) is 6.13. The third-order valence-electron chi connectivity index (χ3n) is 4.05. The van der Waals surface area contributed by atoms with Crippen molar-refractivity contribution in [1.29, 1.82) is 0 Å². The molecule has 1 aromatic rings. The Balaban J connectivity index is 2.26. The van der Waals surface area contributed by atoms with Crippen LogP contribution in [0.4, 0.5) is 10.5 Å². The van der Waals surface area contributed by atoms with Crippen LogP contribution < -0.4 is 10.2 Å². The Labute approximate surface area is 147 Å².